The van der Waals surface area contributed by atoms with E-state index in [-0.39, 0.29) is 12.3 Å². The average molecular weight is 444 g/mol. The first-order valence-electron chi connectivity index (χ1n) is 12.1. The first-order valence-corrected chi connectivity index (χ1v) is 12.1. The lowest BCUT2D eigenvalue weighted by molar-refractivity contribution is -0.141. The molecule has 0 aliphatic heterocycles. The zero-order valence-corrected chi connectivity index (χ0v) is 19.6. The van der Waals surface area contributed by atoms with Gasteiger partial charge in [-0.25, -0.2) is 9.78 Å². The number of aliphatic carboxylic acids is 1. The van der Waals surface area contributed by atoms with E-state index in [4.69, 9.17) is 0 Å². The molecule has 1 heterocycles. The molecular formula is C26H41N3O3. The van der Waals surface area contributed by atoms with Crippen molar-refractivity contribution in [3.63, 3.8) is 0 Å². The molecule has 6 heteroatoms. The zero-order valence-electron chi connectivity index (χ0n) is 19.6. The number of amides is 1. The molecule has 0 saturated carbocycles. The highest BCUT2D eigenvalue weighted by atomic mass is 16.4. The maximum atomic E-state index is 12.0. The molecule has 0 aliphatic rings. The molecule has 0 saturated heterocycles. The summed E-state index contributed by atoms with van der Waals surface area (Å²) in [5.74, 6) is -1.24. The highest BCUT2D eigenvalue weighted by molar-refractivity contribution is 5.83. The third-order valence-electron chi connectivity index (χ3n) is 5.16. The number of carboxylic acid groups (broad SMARTS) is 1. The Morgan fingerprint density at radius 3 is 2.19 bits per heavy atom. The van der Waals surface area contributed by atoms with Crippen molar-refractivity contribution in [1.29, 1.82) is 0 Å². The van der Waals surface area contributed by atoms with Crippen molar-refractivity contribution in [3.8, 4) is 0 Å². The number of hydrogen-bond acceptors (Lipinski definition) is 3. The Bertz CT molecular complexity index is 693. The van der Waals surface area contributed by atoms with Crippen LogP contribution in [0.25, 0.3) is 0 Å². The van der Waals surface area contributed by atoms with Gasteiger partial charge in [0.25, 0.3) is 0 Å². The van der Waals surface area contributed by atoms with Gasteiger partial charge >= 0.3 is 5.97 Å². The van der Waals surface area contributed by atoms with Crippen molar-refractivity contribution >= 4 is 11.9 Å². The van der Waals surface area contributed by atoms with Gasteiger partial charge in [0.05, 0.1) is 6.33 Å². The summed E-state index contributed by atoms with van der Waals surface area (Å²) in [6.45, 7) is 2.23. The van der Waals surface area contributed by atoms with Crippen molar-refractivity contribution in [2.24, 2.45) is 0 Å². The summed E-state index contributed by atoms with van der Waals surface area (Å²) in [6, 6.07) is -0.927. The minimum atomic E-state index is -1.03. The molecule has 0 spiro atoms. The van der Waals surface area contributed by atoms with Crippen molar-refractivity contribution in [1.82, 2.24) is 15.3 Å². The molecule has 1 atom stereocenters. The fraction of sp³-hybridized carbons (Fsp3) is 0.577. The summed E-state index contributed by atoms with van der Waals surface area (Å²) in [6.07, 6.45) is 29.1. The molecule has 1 aromatic rings. The van der Waals surface area contributed by atoms with Gasteiger partial charge in [-0.3, -0.25) is 4.79 Å². The summed E-state index contributed by atoms with van der Waals surface area (Å²) in [5.41, 5.74) is 0.691. The van der Waals surface area contributed by atoms with E-state index in [0.29, 0.717) is 12.1 Å². The topological polar surface area (TPSA) is 95.1 Å². The first kappa shape index (κ1) is 27.4. The summed E-state index contributed by atoms with van der Waals surface area (Å²) >= 11 is 0. The van der Waals surface area contributed by atoms with Crippen LogP contribution in [-0.2, 0) is 16.0 Å². The van der Waals surface area contributed by atoms with Crippen LogP contribution in [0.3, 0.4) is 0 Å². The van der Waals surface area contributed by atoms with E-state index in [2.05, 4.69) is 58.7 Å². The summed E-state index contributed by atoms with van der Waals surface area (Å²) in [5, 5.41) is 11.9. The van der Waals surface area contributed by atoms with Crippen molar-refractivity contribution in [3.05, 3.63) is 54.7 Å². The largest absolute Gasteiger partial charge is 0.480 e. The summed E-state index contributed by atoms with van der Waals surface area (Å²) in [7, 11) is 0. The highest BCUT2D eigenvalue weighted by Crippen LogP contribution is 2.07. The second-order valence-electron chi connectivity index (χ2n) is 8.07. The lowest BCUT2D eigenvalue weighted by atomic mass is 10.1. The molecule has 1 rings (SSSR count). The van der Waals surface area contributed by atoms with E-state index in [1.54, 1.807) is 6.20 Å². The number of aromatic amines is 1. The Morgan fingerprint density at radius 1 is 0.969 bits per heavy atom. The van der Waals surface area contributed by atoms with Crippen LogP contribution in [0.15, 0.2) is 49.0 Å². The number of allylic oxidation sites excluding steroid dienone is 6. The van der Waals surface area contributed by atoms with Crippen molar-refractivity contribution < 1.29 is 14.7 Å². The van der Waals surface area contributed by atoms with E-state index >= 15 is 0 Å². The van der Waals surface area contributed by atoms with Crippen LogP contribution in [-0.4, -0.2) is 33.0 Å². The fourth-order valence-electron chi connectivity index (χ4n) is 3.27. The quantitative estimate of drug-likeness (QED) is 0.183. The molecule has 6 nitrogen and oxygen atoms in total. The van der Waals surface area contributed by atoms with Gasteiger partial charge < -0.3 is 15.4 Å². The number of aromatic nitrogens is 2. The lowest BCUT2D eigenvalue weighted by Gasteiger charge is -2.13. The Labute approximate surface area is 193 Å². The van der Waals surface area contributed by atoms with E-state index in [1.807, 2.05) is 0 Å². The molecule has 1 amide bonds. The number of H-pyrrole nitrogens is 1. The van der Waals surface area contributed by atoms with Gasteiger partial charge in [0.15, 0.2) is 0 Å². The zero-order chi connectivity index (χ0) is 23.3. The van der Waals surface area contributed by atoms with E-state index in [1.165, 1.54) is 32.0 Å². The van der Waals surface area contributed by atoms with Crippen LogP contribution in [0.5, 0.6) is 0 Å². The van der Waals surface area contributed by atoms with Gasteiger partial charge in [0, 0.05) is 24.7 Å². The number of hydrogen-bond donors (Lipinski definition) is 3. The molecule has 0 radical (unpaired) electrons. The van der Waals surface area contributed by atoms with Gasteiger partial charge in [-0.1, -0.05) is 69.1 Å². The van der Waals surface area contributed by atoms with Crippen LogP contribution in [0.2, 0.25) is 0 Å². The third-order valence-corrected chi connectivity index (χ3v) is 5.16. The Hall–Kier alpha value is -2.63. The van der Waals surface area contributed by atoms with Crippen LogP contribution in [0.1, 0.15) is 89.7 Å². The number of nitrogens with zero attached hydrogens (tertiary/aromatic N) is 1. The summed E-state index contributed by atoms with van der Waals surface area (Å²) < 4.78 is 0. The number of rotatable bonds is 19. The number of imidazole rings is 1. The monoisotopic (exact) mass is 443 g/mol. The number of carboxylic acids is 1. The molecule has 0 unspecified atom stereocenters. The minimum absolute atomic E-state index is 0.207. The van der Waals surface area contributed by atoms with Gasteiger partial charge in [-0.15, -0.1) is 0 Å². The number of carbonyl (C=O) groups is 2. The van der Waals surface area contributed by atoms with E-state index in [9.17, 15) is 14.7 Å². The van der Waals surface area contributed by atoms with Crippen molar-refractivity contribution in [2.75, 3.05) is 0 Å². The van der Waals surface area contributed by atoms with Gasteiger partial charge in [0.1, 0.15) is 6.04 Å². The predicted molar refractivity (Wildman–Crippen MR) is 130 cm³/mol. The summed E-state index contributed by atoms with van der Waals surface area (Å²) in [4.78, 5) is 30.1. The molecule has 0 aliphatic carbocycles. The molecule has 1 aromatic heterocycles. The van der Waals surface area contributed by atoms with Crippen LogP contribution < -0.4 is 5.32 Å². The Balaban J connectivity index is 1.99. The maximum Gasteiger partial charge on any atom is 0.326 e. The van der Waals surface area contributed by atoms with Gasteiger partial charge in [-0.05, 0) is 44.9 Å². The highest BCUT2D eigenvalue weighted by Gasteiger charge is 2.20. The number of unbranched alkanes of at least 4 members (excludes halogenated alkanes) is 7. The molecule has 32 heavy (non-hydrogen) atoms. The standard InChI is InChI=1S/C26H41N3O3/c1-2-3-4-5-6-7-8-9-10-11-12-13-14-15-16-17-18-19-25(30)29-24(26(31)32)20-23-21-27-22-28-23/h6-7,9-10,12-13,21-22,24H,2-5,8,11,14-20H2,1H3,(H,27,28)(H,29,30)(H,31,32)/b7-6-,10-9-,13-12-/t24-/m0/s1. The SMILES string of the molecule is CCCCC/C=C\C/C=C\C/C=C\CCCCCCC(=O)N[C@@H](Cc1cnc[nH]1)C(=O)O. The molecule has 0 fully saturated rings. The molecular weight excluding hydrogens is 402 g/mol. The van der Waals surface area contributed by atoms with Gasteiger partial charge in [0.2, 0.25) is 5.91 Å². The second-order valence-corrected chi connectivity index (χ2v) is 8.07. The Morgan fingerprint density at radius 2 is 1.59 bits per heavy atom. The maximum absolute atomic E-state index is 12.0. The fourth-order valence-corrected chi connectivity index (χ4v) is 3.27. The van der Waals surface area contributed by atoms with Crippen LogP contribution >= 0.6 is 0 Å². The van der Waals surface area contributed by atoms with Gasteiger partial charge in [-0.2, -0.15) is 0 Å². The molecule has 178 valence electrons. The molecule has 0 bridgehead atoms. The molecule has 3 N–H and O–H groups in total. The van der Waals surface area contributed by atoms with E-state index in [0.717, 1.165) is 44.9 Å². The normalized spacial score (nSPS) is 12.8. The number of carbonyl (C=O) groups excluding carboxylic acids is 1. The lowest BCUT2D eigenvalue weighted by Crippen LogP contribution is -2.42. The second kappa shape index (κ2) is 19.1. The van der Waals surface area contributed by atoms with E-state index < -0.39 is 12.0 Å². The minimum Gasteiger partial charge on any atom is -0.480 e. The van der Waals surface area contributed by atoms with Crippen molar-refractivity contribution in [2.45, 2.75) is 96.4 Å². The smallest absolute Gasteiger partial charge is 0.326 e. The average Bonchev–Trinajstić information content (AvgIpc) is 3.28. The van der Waals surface area contributed by atoms with Crippen LogP contribution in [0.4, 0.5) is 0 Å². The first-order chi connectivity index (χ1) is 15.6. The predicted octanol–water partition coefficient (Wildman–Crippen LogP) is 5.89. The molecule has 0 aromatic carbocycles. The Kier molecular flexibility index (Phi) is 16.3. The number of nitrogens with one attached hydrogen (secondary N) is 2. The third kappa shape index (κ3) is 15.2. The van der Waals surface area contributed by atoms with Crippen LogP contribution in [0, 0.1) is 0 Å².